The van der Waals surface area contributed by atoms with Crippen molar-refractivity contribution < 1.29 is 9.53 Å². The van der Waals surface area contributed by atoms with Gasteiger partial charge < -0.3 is 15.8 Å². The SMILES string of the molecule is CCCNC(=O)/C=C\c1ccc(OCC(C)C)c(N)c1. The predicted octanol–water partition coefficient (Wildman–Crippen LogP) is 2.84. The maximum Gasteiger partial charge on any atom is 0.243 e. The van der Waals surface area contributed by atoms with Gasteiger partial charge in [-0.05, 0) is 36.1 Å². The Balaban J connectivity index is 2.62. The maximum absolute atomic E-state index is 11.5. The number of anilines is 1. The summed E-state index contributed by atoms with van der Waals surface area (Å²) in [6, 6.07) is 5.52. The Kier molecular flexibility index (Phi) is 6.64. The number of rotatable bonds is 7. The van der Waals surface area contributed by atoms with Gasteiger partial charge in [-0.3, -0.25) is 4.79 Å². The fourth-order valence-electron chi connectivity index (χ4n) is 1.54. The molecule has 20 heavy (non-hydrogen) atoms. The van der Waals surface area contributed by atoms with Gasteiger partial charge >= 0.3 is 0 Å². The molecule has 1 aromatic carbocycles. The molecule has 0 atom stereocenters. The van der Waals surface area contributed by atoms with Crippen molar-refractivity contribution in [2.24, 2.45) is 5.92 Å². The number of carbonyl (C=O) groups excluding carboxylic acids is 1. The Morgan fingerprint density at radius 3 is 2.80 bits per heavy atom. The Bertz CT molecular complexity index is 468. The number of nitrogens with two attached hydrogens (primary N) is 1. The Morgan fingerprint density at radius 1 is 1.45 bits per heavy atom. The second-order valence-corrected chi connectivity index (χ2v) is 5.13. The van der Waals surface area contributed by atoms with Crippen LogP contribution < -0.4 is 15.8 Å². The van der Waals surface area contributed by atoms with Crippen LogP contribution in [0.15, 0.2) is 24.3 Å². The van der Waals surface area contributed by atoms with Crippen LogP contribution in [0.25, 0.3) is 6.08 Å². The summed E-state index contributed by atoms with van der Waals surface area (Å²) >= 11 is 0. The summed E-state index contributed by atoms with van der Waals surface area (Å²) in [5.41, 5.74) is 7.40. The Morgan fingerprint density at radius 2 is 2.20 bits per heavy atom. The molecule has 1 amide bonds. The molecule has 0 saturated carbocycles. The number of hydrogen-bond acceptors (Lipinski definition) is 3. The average Bonchev–Trinajstić information content (AvgIpc) is 2.41. The quantitative estimate of drug-likeness (QED) is 0.594. The third-order valence-electron chi connectivity index (χ3n) is 2.58. The Hall–Kier alpha value is -1.97. The van der Waals surface area contributed by atoms with Crippen LogP contribution in [0.2, 0.25) is 0 Å². The maximum atomic E-state index is 11.5. The smallest absolute Gasteiger partial charge is 0.243 e. The zero-order valence-electron chi connectivity index (χ0n) is 12.5. The summed E-state index contributed by atoms with van der Waals surface area (Å²) in [6.07, 6.45) is 4.18. The van der Waals surface area contributed by atoms with Gasteiger partial charge in [-0.25, -0.2) is 0 Å². The zero-order chi connectivity index (χ0) is 15.0. The Labute approximate surface area is 121 Å². The van der Waals surface area contributed by atoms with Crippen molar-refractivity contribution in [1.29, 1.82) is 0 Å². The lowest BCUT2D eigenvalue weighted by Crippen LogP contribution is -2.21. The zero-order valence-corrected chi connectivity index (χ0v) is 12.5. The largest absolute Gasteiger partial charge is 0.491 e. The standard InChI is InChI=1S/C16H24N2O2/c1-4-9-18-16(19)8-6-13-5-7-15(14(17)10-13)20-11-12(2)3/h5-8,10,12H,4,9,11,17H2,1-3H3,(H,18,19)/b8-6-. The van der Waals surface area contributed by atoms with Gasteiger partial charge in [0.1, 0.15) is 5.75 Å². The van der Waals surface area contributed by atoms with Crippen molar-refractivity contribution in [3.8, 4) is 5.75 Å². The van der Waals surface area contributed by atoms with E-state index in [1.54, 1.807) is 12.1 Å². The molecule has 0 aromatic heterocycles. The summed E-state index contributed by atoms with van der Waals surface area (Å²) in [7, 11) is 0. The number of hydrogen-bond donors (Lipinski definition) is 2. The number of benzene rings is 1. The molecule has 0 aliphatic carbocycles. The van der Waals surface area contributed by atoms with Crippen molar-refractivity contribution >= 4 is 17.7 Å². The first-order valence-electron chi connectivity index (χ1n) is 7.01. The molecule has 0 aliphatic heterocycles. The highest BCUT2D eigenvalue weighted by atomic mass is 16.5. The van der Waals surface area contributed by atoms with Crippen molar-refractivity contribution in [2.75, 3.05) is 18.9 Å². The molecular weight excluding hydrogens is 252 g/mol. The summed E-state index contributed by atoms with van der Waals surface area (Å²) in [5.74, 6) is 1.05. The van der Waals surface area contributed by atoms with Crippen LogP contribution in [0.3, 0.4) is 0 Å². The van der Waals surface area contributed by atoms with Gasteiger partial charge in [-0.15, -0.1) is 0 Å². The first-order chi connectivity index (χ1) is 9.52. The molecule has 1 rings (SSSR count). The van der Waals surface area contributed by atoms with Gasteiger partial charge in [-0.1, -0.05) is 26.8 Å². The molecule has 3 N–H and O–H groups in total. The molecule has 4 nitrogen and oxygen atoms in total. The first-order valence-corrected chi connectivity index (χ1v) is 7.01. The van der Waals surface area contributed by atoms with Gasteiger partial charge in [0.2, 0.25) is 5.91 Å². The van der Waals surface area contributed by atoms with Crippen LogP contribution >= 0.6 is 0 Å². The van der Waals surface area contributed by atoms with E-state index >= 15 is 0 Å². The fraction of sp³-hybridized carbons (Fsp3) is 0.438. The third kappa shape index (κ3) is 5.78. The van der Waals surface area contributed by atoms with E-state index in [-0.39, 0.29) is 5.91 Å². The van der Waals surface area contributed by atoms with Crippen molar-refractivity contribution in [3.05, 3.63) is 29.8 Å². The fourth-order valence-corrected chi connectivity index (χ4v) is 1.54. The van der Waals surface area contributed by atoms with E-state index in [1.165, 1.54) is 6.08 Å². The number of amides is 1. The van der Waals surface area contributed by atoms with E-state index < -0.39 is 0 Å². The van der Waals surface area contributed by atoms with Crippen LogP contribution in [0.4, 0.5) is 5.69 Å². The van der Waals surface area contributed by atoms with Crippen LogP contribution in [-0.2, 0) is 4.79 Å². The predicted molar refractivity (Wildman–Crippen MR) is 83.5 cm³/mol. The lowest BCUT2D eigenvalue weighted by Gasteiger charge is -2.11. The van der Waals surface area contributed by atoms with E-state index in [4.69, 9.17) is 10.5 Å². The van der Waals surface area contributed by atoms with E-state index in [0.717, 1.165) is 12.0 Å². The van der Waals surface area contributed by atoms with Gasteiger partial charge in [0.05, 0.1) is 12.3 Å². The highest BCUT2D eigenvalue weighted by Crippen LogP contribution is 2.23. The van der Waals surface area contributed by atoms with Crippen LogP contribution in [-0.4, -0.2) is 19.1 Å². The van der Waals surface area contributed by atoms with E-state index in [9.17, 15) is 4.79 Å². The molecule has 0 bridgehead atoms. The lowest BCUT2D eigenvalue weighted by molar-refractivity contribution is -0.116. The van der Waals surface area contributed by atoms with Crippen LogP contribution in [0, 0.1) is 5.92 Å². The second kappa shape index (κ2) is 8.25. The number of carbonyl (C=O) groups is 1. The first kappa shape index (κ1) is 16.1. The summed E-state index contributed by atoms with van der Waals surface area (Å²) in [6.45, 7) is 7.51. The van der Waals surface area contributed by atoms with Gasteiger partial charge in [-0.2, -0.15) is 0 Å². The van der Waals surface area contributed by atoms with Gasteiger partial charge in [0, 0.05) is 12.6 Å². The monoisotopic (exact) mass is 276 g/mol. The van der Waals surface area contributed by atoms with E-state index in [0.29, 0.717) is 30.5 Å². The summed E-state index contributed by atoms with van der Waals surface area (Å²) < 4.78 is 5.60. The summed E-state index contributed by atoms with van der Waals surface area (Å²) in [4.78, 5) is 11.5. The summed E-state index contributed by atoms with van der Waals surface area (Å²) in [5, 5.41) is 2.78. The van der Waals surface area contributed by atoms with Crippen LogP contribution in [0.1, 0.15) is 32.8 Å². The molecule has 1 aromatic rings. The van der Waals surface area contributed by atoms with Crippen LogP contribution in [0.5, 0.6) is 5.75 Å². The number of nitrogens with one attached hydrogen (secondary N) is 1. The molecule has 0 heterocycles. The molecule has 110 valence electrons. The van der Waals surface area contributed by atoms with Crippen molar-refractivity contribution in [2.45, 2.75) is 27.2 Å². The van der Waals surface area contributed by atoms with E-state index in [2.05, 4.69) is 19.2 Å². The molecule has 0 fully saturated rings. The topological polar surface area (TPSA) is 64.3 Å². The van der Waals surface area contributed by atoms with Gasteiger partial charge in [0.15, 0.2) is 0 Å². The second-order valence-electron chi connectivity index (χ2n) is 5.13. The minimum absolute atomic E-state index is 0.0921. The van der Waals surface area contributed by atoms with E-state index in [1.807, 2.05) is 19.1 Å². The number of nitrogen functional groups attached to an aromatic ring is 1. The highest BCUT2D eigenvalue weighted by molar-refractivity contribution is 5.91. The normalized spacial score (nSPS) is 11.0. The molecule has 0 spiro atoms. The lowest BCUT2D eigenvalue weighted by atomic mass is 10.1. The highest BCUT2D eigenvalue weighted by Gasteiger charge is 2.02. The third-order valence-corrected chi connectivity index (χ3v) is 2.58. The minimum Gasteiger partial charge on any atom is -0.491 e. The van der Waals surface area contributed by atoms with Crippen molar-refractivity contribution in [3.63, 3.8) is 0 Å². The van der Waals surface area contributed by atoms with Crippen molar-refractivity contribution in [1.82, 2.24) is 5.32 Å². The molecule has 4 heteroatoms. The molecular formula is C16H24N2O2. The van der Waals surface area contributed by atoms with Gasteiger partial charge in [0.25, 0.3) is 0 Å². The molecule has 0 unspecified atom stereocenters. The number of ether oxygens (including phenoxy) is 1. The molecule has 0 saturated heterocycles. The molecule has 0 radical (unpaired) electrons. The average molecular weight is 276 g/mol. The minimum atomic E-state index is -0.0921. The molecule has 0 aliphatic rings.